The molecule has 0 radical (unpaired) electrons. The molecule has 2 rings (SSSR count). The molecule has 6 heteroatoms. The number of rotatable bonds is 5. The van der Waals surface area contributed by atoms with Crippen LogP contribution in [0.15, 0.2) is 18.2 Å². The average molecular weight is 322 g/mol. The van der Waals surface area contributed by atoms with E-state index in [0.29, 0.717) is 22.8 Å². The van der Waals surface area contributed by atoms with Crippen LogP contribution in [0, 0.1) is 17.2 Å². The number of likely N-dealkylation sites (N-methyl/N-ethyl adjacent to an activating group) is 1. The van der Waals surface area contributed by atoms with Gasteiger partial charge in [0.2, 0.25) is 5.91 Å². The first kappa shape index (κ1) is 16.8. The minimum Gasteiger partial charge on any atom is -0.393 e. The number of amides is 1. The van der Waals surface area contributed by atoms with Crippen LogP contribution in [0.2, 0.25) is 5.02 Å². The van der Waals surface area contributed by atoms with Crippen LogP contribution in [0.5, 0.6) is 0 Å². The van der Waals surface area contributed by atoms with Crippen LogP contribution in [-0.4, -0.2) is 42.2 Å². The van der Waals surface area contributed by atoms with Crippen LogP contribution in [0.1, 0.15) is 24.8 Å². The molecule has 0 saturated heterocycles. The van der Waals surface area contributed by atoms with E-state index in [4.69, 9.17) is 16.9 Å². The predicted octanol–water partition coefficient (Wildman–Crippen LogP) is 2.24. The van der Waals surface area contributed by atoms with Gasteiger partial charge in [0.25, 0.3) is 0 Å². The van der Waals surface area contributed by atoms with Crippen molar-refractivity contribution in [3.63, 3.8) is 0 Å². The largest absolute Gasteiger partial charge is 0.393 e. The second-order valence-electron chi connectivity index (χ2n) is 5.81. The summed E-state index contributed by atoms with van der Waals surface area (Å²) in [5.74, 6) is 0.109. The number of carbonyl (C=O) groups is 1. The van der Waals surface area contributed by atoms with Gasteiger partial charge in [-0.05, 0) is 44.0 Å². The zero-order valence-electron chi connectivity index (χ0n) is 12.6. The molecule has 1 aromatic rings. The number of nitriles is 1. The van der Waals surface area contributed by atoms with Crippen LogP contribution in [-0.2, 0) is 4.79 Å². The van der Waals surface area contributed by atoms with Crippen molar-refractivity contribution in [1.29, 1.82) is 5.26 Å². The van der Waals surface area contributed by atoms with Gasteiger partial charge in [-0.15, -0.1) is 0 Å². The zero-order chi connectivity index (χ0) is 16.1. The molecular formula is C16H20ClN3O2. The molecule has 2 N–H and O–H groups in total. The maximum Gasteiger partial charge on any atom is 0.238 e. The molecule has 0 spiro atoms. The Morgan fingerprint density at radius 2 is 2.32 bits per heavy atom. The van der Waals surface area contributed by atoms with E-state index in [9.17, 15) is 9.90 Å². The molecule has 118 valence electrons. The number of aliphatic hydroxyl groups is 1. The molecule has 5 nitrogen and oxygen atoms in total. The highest BCUT2D eigenvalue weighted by Gasteiger charge is 2.26. The molecule has 0 aromatic heterocycles. The third-order valence-electron chi connectivity index (χ3n) is 3.95. The number of halogens is 1. The molecule has 1 fully saturated rings. The molecule has 0 bridgehead atoms. The van der Waals surface area contributed by atoms with Crippen molar-refractivity contribution in [3.05, 3.63) is 28.8 Å². The fraction of sp³-hybridized carbons (Fsp3) is 0.500. The number of anilines is 1. The predicted molar refractivity (Wildman–Crippen MR) is 85.6 cm³/mol. The van der Waals surface area contributed by atoms with E-state index in [1.54, 1.807) is 18.2 Å². The Hall–Kier alpha value is -1.61. The highest BCUT2D eigenvalue weighted by molar-refractivity contribution is 6.32. The lowest BCUT2D eigenvalue weighted by Gasteiger charge is -2.22. The first-order valence-corrected chi connectivity index (χ1v) is 7.73. The van der Waals surface area contributed by atoms with E-state index in [2.05, 4.69) is 5.32 Å². The van der Waals surface area contributed by atoms with Gasteiger partial charge in [0.15, 0.2) is 0 Å². The van der Waals surface area contributed by atoms with Crippen molar-refractivity contribution in [3.8, 4) is 6.07 Å². The molecule has 1 amide bonds. The summed E-state index contributed by atoms with van der Waals surface area (Å²) in [6.07, 6.45) is 2.67. The third kappa shape index (κ3) is 4.44. The Labute approximate surface area is 135 Å². The second kappa shape index (κ2) is 7.59. The molecule has 0 aliphatic heterocycles. The number of hydrogen-bond acceptors (Lipinski definition) is 4. The Bertz CT molecular complexity index is 585. The van der Waals surface area contributed by atoms with E-state index in [0.717, 1.165) is 19.3 Å². The highest BCUT2D eigenvalue weighted by atomic mass is 35.5. The molecule has 1 aliphatic carbocycles. The van der Waals surface area contributed by atoms with E-state index in [-0.39, 0.29) is 24.5 Å². The summed E-state index contributed by atoms with van der Waals surface area (Å²) in [6.45, 7) is 0.962. The topological polar surface area (TPSA) is 76.4 Å². The number of hydrogen-bond donors (Lipinski definition) is 2. The van der Waals surface area contributed by atoms with Crippen molar-refractivity contribution in [1.82, 2.24) is 4.90 Å². The Morgan fingerprint density at radius 1 is 1.55 bits per heavy atom. The Morgan fingerprint density at radius 3 is 2.91 bits per heavy atom. The van der Waals surface area contributed by atoms with Gasteiger partial charge in [0, 0.05) is 12.2 Å². The van der Waals surface area contributed by atoms with Crippen LogP contribution >= 0.6 is 11.6 Å². The van der Waals surface area contributed by atoms with Gasteiger partial charge < -0.3 is 10.4 Å². The summed E-state index contributed by atoms with van der Waals surface area (Å²) in [6, 6.07) is 6.78. The third-order valence-corrected chi connectivity index (χ3v) is 4.26. The van der Waals surface area contributed by atoms with Gasteiger partial charge in [-0.25, -0.2) is 0 Å². The standard InChI is InChI=1S/C16H20ClN3O2/c1-20(9-12-3-2-4-15(12)21)10-16(22)19-13-6-5-11(8-18)14(17)7-13/h5-7,12,15,21H,2-4,9-10H2,1H3,(H,19,22). The number of carbonyl (C=O) groups excluding carboxylic acids is 1. The summed E-state index contributed by atoms with van der Waals surface area (Å²) in [4.78, 5) is 13.9. The number of benzene rings is 1. The summed E-state index contributed by atoms with van der Waals surface area (Å²) < 4.78 is 0. The summed E-state index contributed by atoms with van der Waals surface area (Å²) >= 11 is 5.94. The first-order valence-electron chi connectivity index (χ1n) is 7.35. The van der Waals surface area contributed by atoms with Gasteiger partial charge >= 0.3 is 0 Å². The lowest BCUT2D eigenvalue weighted by Crippen LogP contribution is -2.35. The maximum absolute atomic E-state index is 12.0. The Kier molecular flexibility index (Phi) is 5.78. The maximum atomic E-state index is 12.0. The molecule has 1 saturated carbocycles. The SMILES string of the molecule is CN(CC(=O)Nc1ccc(C#N)c(Cl)c1)CC1CCCC1O. The quantitative estimate of drug-likeness (QED) is 0.872. The lowest BCUT2D eigenvalue weighted by atomic mass is 10.1. The average Bonchev–Trinajstić information content (AvgIpc) is 2.84. The van der Waals surface area contributed by atoms with Gasteiger partial charge in [-0.1, -0.05) is 18.0 Å². The molecular weight excluding hydrogens is 302 g/mol. The summed E-state index contributed by atoms with van der Waals surface area (Å²) in [7, 11) is 1.87. The molecule has 2 atom stereocenters. The zero-order valence-corrected chi connectivity index (χ0v) is 13.3. The lowest BCUT2D eigenvalue weighted by molar-refractivity contribution is -0.117. The van der Waals surface area contributed by atoms with Gasteiger partial charge in [-0.2, -0.15) is 5.26 Å². The fourth-order valence-corrected chi connectivity index (χ4v) is 3.05. The minimum atomic E-state index is -0.247. The second-order valence-corrected chi connectivity index (χ2v) is 6.22. The van der Waals surface area contributed by atoms with Gasteiger partial charge in [0.05, 0.1) is 23.2 Å². The summed E-state index contributed by atoms with van der Waals surface area (Å²) in [5.41, 5.74) is 0.954. The highest BCUT2D eigenvalue weighted by Crippen LogP contribution is 2.26. The molecule has 1 aliphatic rings. The monoisotopic (exact) mass is 321 g/mol. The van der Waals surface area contributed by atoms with Crippen LogP contribution in [0.3, 0.4) is 0 Å². The van der Waals surface area contributed by atoms with Crippen LogP contribution < -0.4 is 5.32 Å². The smallest absolute Gasteiger partial charge is 0.238 e. The van der Waals surface area contributed by atoms with Crippen LogP contribution in [0.4, 0.5) is 5.69 Å². The first-order chi connectivity index (χ1) is 10.5. The molecule has 1 aromatic carbocycles. The molecule has 22 heavy (non-hydrogen) atoms. The number of nitrogens with one attached hydrogen (secondary N) is 1. The van der Waals surface area contributed by atoms with E-state index in [1.807, 2.05) is 18.0 Å². The van der Waals surface area contributed by atoms with Crippen molar-refractivity contribution < 1.29 is 9.90 Å². The van der Waals surface area contributed by atoms with Crippen LogP contribution in [0.25, 0.3) is 0 Å². The van der Waals surface area contributed by atoms with E-state index < -0.39 is 0 Å². The molecule has 2 unspecified atom stereocenters. The number of nitrogens with zero attached hydrogens (tertiary/aromatic N) is 2. The normalized spacial score (nSPS) is 20.9. The Balaban J connectivity index is 1.84. The van der Waals surface area contributed by atoms with Crippen molar-refractivity contribution in [2.75, 3.05) is 25.5 Å². The van der Waals surface area contributed by atoms with Crippen molar-refractivity contribution in [2.45, 2.75) is 25.4 Å². The number of aliphatic hydroxyl groups excluding tert-OH is 1. The van der Waals surface area contributed by atoms with E-state index >= 15 is 0 Å². The summed E-state index contributed by atoms with van der Waals surface area (Å²) in [5, 5.41) is 21.7. The fourth-order valence-electron chi connectivity index (χ4n) is 2.82. The van der Waals surface area contributed by atoms with Crippen molar-refractivity contribution >= 4 is 23.2 Å². The molecule has 0 heterocycles. The minimum absolute atomic E-state index is 0.143. The van der Waals surface area contributed by atoms with E-state index in [1.165, 1.54) is 0 Å². The van der Waals surface area contributed by atoms with Crippen molar-refractivity contribution in [2.24, 2.45) is 5.92 Å². The van der Waals surface area contributed by atoms with Gasteiger partial charge in [-0.3, -0.25) is 9.69 Å². The van der Waals surface area contributed by atoms with Gasteiger partial charge in [0.1, 0.15) is 6.07 Å².